The predicted molar refractivity (Wildman–Crippen MR) is 84.7 cm³/mol. The summed E-state index contributed by atoms with van der Waals surface area (Å²) >= 11 is 1.90. The second-order valence-corrected chi connectivity index (χ2v) is 6.61. The number of rotatable bonds is 3. The van der Waals surface area contributed by atoms with Gasteiger partial charge in [0.25, 0.3) is 0 Å². The molecule has 2 aromatic carbocycles. The van der Waals surface area contributed by atoms with Crippen molar-refractivity contribution in [2.45, 2.75) is 24.0 Å². The van der Waals surface area contributed by atoms with Crippen LogP contribution in [0.2, 0.25) is 0 Å². The third kappa shape index (κ3) is 2.69. The summed E-state index contributed by atoms with van der Waals surface area (Å²) in [6.45, 7) is 4.44. The molecule has 1 heterocycles. The lowest BCUT2D eigenvalue weighted by Crippen LogP contribution is -1.85. The van der Waals surface area contributed by atoms with Gasteiger partial charge in [0, 0.05) is 26.7 Å². The van der Waals surface area contributed by atoms with Crippen LogP contribution in [0.4, 0.5) is 0 Å². The molecule has 0 saturated heterocycles. The zero-order valence-electron chi connectivity index (χ0n) is 11.2. The predicted octanol–water partition coefficient (Wildman–Crippen LogP) is 5.34. The third-order valence-electron chi connectivity index (χ3n) is 3.07. The molecule has 2 heteroatoms. The van der Waals surface area contributed by atoms with Crippen LogP contribution in [-0.2, 0) is 0 Å². The molecule has 0 aliphatic rings. The van der Waals surface area contributed by atoms with Crippen LogP contribution < -0.4 is 0 Å². The van der Waals surface area contributed by atoms with E-state index in [-0.39, 0.29) is 0 Å². The zero-order chi connectivity index (χ0) is 13.2. The van der Waals surface area contributed by atoms with Gasteiger partial charge in [-0.05, 0) is 29.8 Å². The van der Waals surface area contributed by atoms with E-state index in [0.717, 1.165) is 0 Å². The smallest absolute Gasteiger partial charge is 0.0464 e. The maximum Gasteiger partial charge on any atom is 0.0464 e. The number of aromatic amines is 1. The summed E-state index contributed by atoms with van der Waals surface area (Å²) in [7, 11) is 0. The van der Waals surface area contributed by atoms with Crippen molar-refractivity contribution in [2.24, 2.45) is 0 Å². The van der Waals surface area contributed by atoms with Gasteiger partial charge in [0.15, 0.2) is 0 Å². The fourth-order valence-electron chi connectivity index (χ4n) is 2.21. The first-order valence-corrected chi connectivity index (χ1v) is 7.45. The molecular weight excluding hydrogens is 250 g/mol. The molecule has 3 aromatic rings. The topological polar surface area (TPSA) is 15.8 Å². The molecule has 19 heavy (non-hydrogen) atoms. The number of para-hydroxylation sites is 1. The number of hydrogen-bond acceptors (Lipinski definition) is 1. The normalized spacial score (nSPS) is 11.3. The zero-order valence-corrected chi connectivity index (χ0v) is 12.0. The Balaban J connectivity index is 1.93. The van der Waals surface area contributed by atoms with E-state index in [1.165, 1.54) is 27.1 Å². The second kappa shape index (κ2) is 5.14. The highest BCUT2D eigenvalue weighted by molar-refractivity contribution is 7.99. The molecule has 1 nitrogen and oxygen atoms in total. The van der Waals surface area contributed by atoms with Gasteiger partial charge in [-0.1, -0.05) is 44.2 Å². The largest absolute Gasteiger partial charge is 0.355 e. The Morgan fingerprint density at radius 2 is 1.68 bits per heavy atom. The summed E-state index contributed by atoms with van der Waals surface area (Å²) in [5.74, 6) is 0. The van der Waals surface area contributed by atoms with Gasteiger partial charge in [-0.3, -0.25) is 0 Å². The quantitative estimate of drug-likeness (QED) is 0.634. The van der Waals surface area contributed by atoms with Gasteiger partial charge in [0.2, 0.25) is 0 Å². The first-order valence-electron chi connectivity index (χ1n) is 6.57. The summed E-state index contributed by atoms with van der Waals surface area (Å²) in [6, 6.07) is 19.4. The van der Waals surface area contributed by atoms with E-state index in [1.54, 1.807) is 0 Å². The molecule has 0 amide bonds. The lowest BCUT2D eigenvalue weighted by Gasteiger charge is -2.05. The first kappa shape index (κ1) is 12.4. The van der Waals surface area contributed by atoms with Crippen molar-refractivity contribution in [2.75, 3.05) is 0 Å². The lowest BCUT2D eigenvalue weighted by atomic mass is 10.1. The molecule has 0 spiro atoms. The van der Waals surface area contributed by atoms with E-state index in [2.05, 4.69) is 73.4 Å². The van der Waals surface area contributed by atoms with Crippen molar-refractivity contribution in [1.82, 2.24) is 4.98 Å². The molecule has 96 valence electrons. The Bertz CT molecular complexity index is 647. The van der Waals surface area contributed by atoms with Crippen molar-refractivity contribution in [1.29, 1.82) is 0 Å². The summed E-state index contributed by atoms with van der Waals surface area (Å²) in [6.07, 6.45) is 0. The fraction of sp³-hybridized carbons (Fsp3) is 0.176. The number of thioether (sulfide) groups is 1. The van der Waals surface area contributed by atoms with Crippen molar-refractivity contribution in [3.8, 4) is 11.3 Å². The van der Waals surface area contributed by atoms with Crippen LogP contribution in [0.3, 0.4) is 0 Å². The van der Waals surface area contributed by atoms with Gasteiger partial charge in [0.05, 0.1) is 0 Å². The minimum atomic E-state index is 0.624. The Labute approximate surface area is 118 Å². The van der Waals surface area contributed by atoms with Crippen LogP contribution in [0.5, 0.6) is 0 Å². The van der Waals surface area contributed by atoms with Crippen molar-refractivity contribution < 1.29 is 0 Å². The number of aromatic nitrogens is 1. The van der Waals surface area contributed by atoms with Crippen LogP contribution in [-0.4, -0.2) is 10.2 Å². The van der Waals surface area contributed by atoms with Gasteiger partial charge >= 0.3 is 0 Å². The van der Waals surface area contributed by atoms with E-state index in [9.17, 15) is 0 Å². The van der Waals surface area contributed by atoms with E-state index >= 15 is 0 Å². The van der Waals surface area contributed by atoms with Crippen LogP contribution in [0.1, 0.15) is 13.8 Å². The van der Waals surface area contributed by atoms with Crippen LogP contribution in [0, 0.1) is 0 Å². The van der Waals surface area contributed by atoms with Crippen LogP contribution in [0.15, 0.2) is 59.5 Å². The minimum absolute atomic E-state index is 0.624. The highest BCUT2D eigenvalue weighted by Crippen LogP contribution is 2.28. The standard InChI is InChI=1S/C17H17NS/c1-12(2)19-15-9-7-13(8-10-15)17-11-14-5-3-4-6-16(14)18-17/h3-12,18H,1-2H3. The number of hydrogen-bond donors (Lipinski definition) is 1. The summed E-state index contributed by atoms with van der Waals surface area (Å²) in [5, 5.41) is 1.89. The Morgan fingerprint density at radius 3 is 2.37 bits per heavy atom. The van der Waals surface area contributed by atoms with Crippen LogP contribution >= 0.6 is 11.8 Å². The average molecular weight is 267 g/mol. The number of H-pyrrole nitrogens is 1. The molecule has 3 rings (SSSR count). The van der Waals surface area contributed by atoms with Gasteiger partial charge in [-0.25, -0.2) is 0 Å². The molecule has 1 aromatic heterocycles. The number of nitrogens with one attached hydrogen (secondary N) is 1. The van der Waals surface area contributed by atoms with E-state index in [0.29, 0.717) is 5.25 Å². The van der Waals surface area contributed by atoms with Gasteiger partial charge in [0.1, 0.15) is 0 Å². The molecule has 0 fully saturated rings. The molecule has 0 atom stereocenters. The van der Waals surface area contributed by atoms with Crippen molar-refractivity contribution in [3.05, 3.63) is 54.6 Å². The van der Waals surface area contributed by atoms with E-state index < -0.39 is 0 Å². The molecule has 0 aliphatic heterocycles. The molecule has 0 bridgehead atoms. The molecule has 0 aliphatic carbocycles. The molecule has 1 N–H and O–H groups in total. The summed E-state index contributed by atoms with van der Waals surface area (Å²) < 4.78 is 0. The van der Waals surface area contributed by atoms with Gasteiger partial charge < -0.3 is 4.98 Å². The lowest BCUT2D eigenvalue weighted by molar-refractivity contribution is 1.11. The number of benzene rings is 2. The highest BCUT2D eigenvalue weighted by atomic mass is 32.2. The molecular formula is C17H17NS. The maximum absolute atomic E-state index is 3.47. The first-order chi connectivity index (χ1) is 9.22. The highest BCUT2D eigenvalue weighted by Gasteiger charge is 2.03. The SMILES string of the molecule is CC(C)Sc1ccc(-c2cc3ccccc3[nH]2)cc1. The Kier molecular flexibility index (Phi) is 3.34. The Morgan fingerprint density at radius 1 is 0.947 bits per heavy atom. The Hall–Kier alpha value is -1.67. The van der Waals surface area contributed by atoms with E-state index in [4.69, 9.17) is 0 Å². The maximum atomic E-state index is 3.47. The van der Waals surface area contributed by atoms with Crippen molar-refractivity contribution >= 4 is 22.7 Å². The summed E-state index contributed by atoms with van der Waals surface area (Å²) in [5.41, 5.74) is 3.62. The molecule has 0 unspecified atom stereocenters. The minimum Gasteiger partial charge on any atom is -0.355 e. The second-order valence-electron chi connectivity index (χ2n) is 4.96. The summed E-state index contributed by atoms with van der Waals surface area (Å²) in [4.78, 5) is 4.79. The monoisotopic (exact) mass is 267 g/mol. The third-order valence-corrected chi connectivity index (χ3v) is 4.08. The fourth-order valence-corrected chi connectivity index (χ4v) is 3.05. The van der Waals surface area contributed by atoms with Gasteiger partial charge in [-0.2, -0.15) is 0 Å². The van der Waals surface area contributed by atoms with Crippen molar-refractivity contribution in [3.63, 3.8) is 0 Å². The van der Waals surface area contributed by atoms with Gasteiger partial charge in [-0.15, -0.1) is 11.8 Å². The molecule has 0 radical (unpaired) electrons. The van der Waals surface area contributed by atoms with E-state index in [1.807, 2.05) is 11.8 Å². The molecule has 0 saturated carbocycles. The number of fused-ring (bicyclic) bond motifs is 1. The van der Waals surface area contributed by atoms with Crippen LogP contribution in [0.25, 0.3) is 22.2 Å². The average Bonchev–Trinajstić information content (AvgIpc) is 2.82.